The highest BCUT2D eigenvalue weighted by atomic mass is 35.5. The molecule has 1 aromatic heterocycles. The second-order valence-corrected chi connectivity index (χ2v) is 5.60. The minimum atomic E-state index is -0.489. The van der Waals surface area contributed by atoms with Gasteiger partial charge in [0.1, 0.15) is 0 Å². The molecule has 0 aliphatic rings. The number of benzene rings is 3. The Morgan fingerprint density at radius 3 is 1.90 bits per heavy atom. The topological polar surface area (TPSA) is 115 Å². The second kappa shape index (κ2) is 10.4. The average Bonchev–Trinajstić information content (AvgIpc) is 3.30. The molecule has 0 atom stereocenters. The highest BCUT2D eigenvalue weighted by Gasteiger charge is 2.10. The SMILES string of the molecule is Cl.O=C(c1ccccc1)c1ccc([N+](=O)[O-])cc1.c1ccc(-c2nn[nH]n2)cc1. The standard InChI is InChI=1S/C13H9NO3.C7H6N4.ClH/c15-13(10-4-2-1-3-5-10)11-6-8-12(9-7-11)14(16)17;1-2-4-6(5-3-1)7-8-10-11-9-7;/h1-9H;1-5H,(H,8,9,10,11);1H. The van der Waals surface area contributed by atoms with Gasteiger partial charge in [-0.15, -0.1) is 22.6 Å². The van der Waals surface area contributed by atoms with Crippen LogP contribution in [0.5, 0.6) is 0 Å². The second-order valence-electron chi connectivity index (χ2n) is 5.60. The summed E-state index contributed by atoms with van der Waals surface area (Å²) in [5.74, 6) is 0.492. The van der Waals surface area contributed by atoms with Crippen LogP contribution in [0.1, 0.15) is 15.9 Å². The number of nitrogens with one attached hydrogen (secondary N) is 1. The van der Waals surface area contributed by atoms with Crippen molar-refractivity contribution in [2.75, 3.05) is 0 Å². The van der Waals surface area contributed by atoms with Gasteiger partial charge in [0.25, 0.3) is 5.69 Å². The van der Waals surface area contributed by atoms with E-state index in [4.69, 9.17) is 0 Å². The Kier molecular flexibility index (Phi) is 7.69. The van der Waals surface area contributed by atoms with Crippen molar-refractivity contribution in [1.29, 1.82) is 0 Å². The molecule has 0 amide bonds. The Balaban J connectivity index is 0.000000217. The van der Waals surface area contributed by atoms with Crippen LogP contribution in [0.2, 0.25) is 0 Å². The number of H-pyrrole nitrogens is 1. The number of hydrogen-bond donors (Lipinski definition) is 1. The quantitative estimate of drug-likeness (QED) is 0.308. The smallest absolute Gasteiger partial charge is 0.269 e. The molecular formula is C20H16ClN5O3. The van der Waals surface area contributed by atoms with E-state index in [1.807, 2.05) is 36.4 Å². The summed E-state index contributed by atoms with van der Waals surface area (Å²) in [6.07, 6.45) is 0. The number of aromatic nitrogens is 4. The lowest BCUT2D eigenvalue weighted by Crippen LogP contribution is -2.00. The molecule has 1 heterocycles. The molecule has 0 saturated carbocycles. The van der Waals surface area contributed by atoms with E-state index in [0.29, 0.717) is 17.0 Å². The van der Waals surface area contributed by atoms with Gasteiger partial charge in [0.2, 0.25) is 5.82 Å². The van der Waals surface area contributed by atoms with Crippen molar-refractivity contribution in [2.24, 2.45) is 0 Å². The number of nitro groups is 1. The monoisotopic (exact) mass is 409 g/mol. The number of aromatic amines is 1. The molecule has 0 bridgehead atoms. The maximum absolute atomic E-state index is 12.0. The van der Waals surface area contributed by atoms with Crippen molar-refractivity contribution in [3.63, 3.8) is 0 Å². The van der Waals surface area contributed by atoms with E-state index >= 15 is 0 Å². The first-order valence-corrected chi connectivity index (χ1v) is 8.28. The summed E-state index contributed by atoms with van der Waals surface area (Å²) in [7, 11) is 0. The van der Waals surface area contributed by atoms with E-state index in [0.717, 1.165) is 5.56 Å². The summed E-state index contributed by atoms with van der Waals surface area (Å²) in [5.41, 5.74) is 1.97. The Bertz CT molecular complexity index is 1040. The van der Waals surface area contributed by atoms with Crippen molar-refractivity contribution in [3.8, 4) is 11.4 Å². The van der Waals surface area contributed by atoms with Crippen LogP contribution < -0.4 is 0 Å². The van der Waals surface area contributed by atoms with Crippen LogP contribution in [0, 0.1) is 10.1 Å². The summed E-state index contributed by atoms with van der Waals surface area (Å²) in [6.45, 7) is 0. The Morgan fingerprint density at radius 2 is 1.38 bits per heavy atom. The van der Waals surface area contributed by atoms with Crippen LogP contribution >= 0.6 is 12.4 Å². The van der Waals surface area contributed by atoms with E-state index < -0.39 is 4.92 Å². The molecule has 0 fully saturated rings. The van der Waals surface area contributed by atoms with Gasteiger partial charge in [0.15, 0.2) is 5.78 Å². The fourth-order valence-electron chi connectivity index (χ4n) is 2.36. The molecule has 8 nitrogen and oxygen atoms in total. The number of nitrogens with zero attached hydrogens (tertiary/aromatic N) is 4. The minimum absolute atomic E-state index is 0. The molecule has 4 rings (SSSR count). The number of ketones is 1. The van der Waals surface area contributed by atoms with Crippen molar-refractivity contribution >= 4 is 23.9 Å². The van der Waals surface area contributed by atoms with E-state index in [1.165, 1.54) is 24.3 Å². The number of carbonyl (C=O) groups is 1. The van der Waals surface area contributed by atoms with Gasteiger partial charge in [-0.3, -0.25) is 14.9 Å². The molecular weight excluding hydrogens is 394 g/mol. The van der Waals surface area contributed by atoms with E-state index in [-0.39, 0.29) is 23.9 Å². The van der Waals surface area contributed by atoms with Gasteiger partial charge in [0.05, 0.1) is 4.92 Å². The zero-order chi connectivity index (χ0) is 19.8. The lowest BCUT2D eigenvalue weighted by Gasteiger charge is -2.00. The molecule has 146 valence electrons. The summed E-state index contributed by atoms with van der Waals surface area (Å²) < 4.78 is 0. The highest BCUT2D eigenvalue weighted by molar-refractivity contribution is 6.09. The molecule has 3 aromatic carbocycles. The summed E-state index contributed by atoms with van der Waals surface area (Å²) in [6, 6.07) is 24.1. The van der Waals surface area contributed by atoms with Gasteiger partial charge >= 0.3 is 0 Å². The van der Waals surface area contributed by atoms with Crippen molar-refractivity contribution < 1.29 is 9.72 Å². The first-order valence-electron chi connectivity index (χ1n) is 8.28. The van der Waals surface area contributed by atoms with Crippen LogP contribution in [0.4, 0.5) is 5.69 Å². The maximum Gasteiger partial charge on any atom is 0.269 e. The molecule has 4 aromatic rings. The number of rotatable bonds is 4. The van der Waals surface area contributed by atoms with E-state index in [2.05, 4.69) is 20.6 Å². The van der Waals surface area contributed by atoms with Crippen LogP contribution in [-0.2, 0) is 0 Å². The molecule has 0 aliphatic carbocycles. The van der Waals surface area contributed by atoms with Crippen LogP contribution in [0.25, 0.3) is 11.4 Å². The maximum atomic E-state index is 12.0. The number of carbonyl (C=O) groups excluding carboxylic acids is 1. The Morgan fingerprint density at radius 1 is 0.828 bits per heavy atom. The van der Waals surface area contributed by atoms with E-state index in [9.17, 15) is 14.9 Å². The first kappa shape index (κ1) is 21.4. The third kappa shape index (κ3) is 5.78. The van der Waals surface area contributed by atoms with Crippen molar-refractivity contribution in [1.82, 2.24) is 20.6 Å². The average molecular weight is 410 g/mol. The molecule has 0 spiro atoms. The third-order valence-electron chi connectivity index (χ3n) is 3.75. The van der Waals surface area contributed by atoms with Crippen LogP contribution in [0.3, 0.4) is 0 Å². The zero-order valence-electron chi connectivity index (χ0n) is 15.0. The number of halogens is 1. The van der Waals surface area contributed by atoms with Crippen LogP contribution in [0.15, 0.2) is 84.9 Å². The van der Waals surface area contributed by atoms with E-state index in [1.54, 1.807) is 24.3 Å². The predicted octanol–water partition coefficient (Wildman–Crippen LogP) is 4.11. The van der Waals surface area contributed by atoms with Gasteiger partial charge in [-0.2, -0.15) is 5.21 Å². The van der Waals surface area contributed by atoms with Gasteiger partial charge in [-0.25, -0.2) is 0 Å². The molecule has 29 heavy (non-hydrogen) atoms. The largest absolute Gasteiger partial charge is 0.289 e. The molecule has 0 unspecified atom stereocenters. The van der Waals surface area contributed by atoms with Gasteiger partial charge < -0.3 is 0 Å². The molecule has 0 saturated heterocycles. The highest BCUT2D eigenvalue weighted by Crippen LogP contribution is 2.15. The zero-order valence-corrected chi connectivity index (χ0v) is 15.8. The summed E-state index contributed by atoms with van der Waals surface area (Å²) >= 11 is 0. The molecule has 0 aliphatic heterocycles. The normalized spacial score (nSPS) is 9.52. The van der Waals surface area contributed by atoms with Crippen molar-refractivity contribution in [3.05, 3.63) is 106 Å². The Hall–Kier alpha value is -3.91. The van der Waals surface area contributed by atoms with Crippen LogP contribution in [-0.4, -0.2) is 31.3 Å². The van der Waals surface area contributed by atoms with Crippen molar-refractivity contribution in [2.45, 2.75) is 0 Å². The predicted molar refractivity (Wildman–Crippen MR) is 110 cm³/mol. The summed E-state index contributed by atoms with van der Waals surface area (Å²) in [4.78, 5) is 21.9. The number of nitro benzene ring substituents is 1. The number of tetrazole rings is 1. The van der Waals surface area contributed by atoms with Gasteiger partial charge in [-0.05, 0) is 17.3 Å². The van der Waals surface area contributed by atoms with Gasteiger partial charge in [-0.1, -0.05) is 60.7 Å². The fourth-order valence-corrected chi connectivity index (χ4v) is 2.36. The molecule has 9 heteroatoms. The number of hydrogen-bond acceptors (Lipinski definition) is 6. The lowest BCUT2D eigenvalue weighted by molar-refractivity contribution is -0.384. The first-order chi connectivity index (χ1) is 13.6. The Labute approximate surface area is 172 Å². The molecule has 0 radical (unpaired) electrons. The number of non-ortho nitro benzene ring substituents is 1. The summed E-state index contributed by atoms with van der Waals surface area (Å²) in [5, 5.41) is 24.0. The van der Waals surface area contributed by atoms with Gasteiger partial charge in [0, 0.05) is 28.8 Å². The molecule has 1 N–H and O–H groups in total. The third-order valence-corrected chi connectivity index (χ3v) is 3.75. The lowest BCUT2D eigenvalue weighted by atomic mass is 10.0. The fraction of sp³-hybridized carbons (Fsp3) is 0. The minimum Gasteiger partial charge on any atom is -0.289 e.